The lowest BCUT2D eigenvalue weighted by Crippen LogP contribution is -2.40. The van der Waals surface area contributed by atoms with E-state index in [1.165, 1.54) is 5.57 Å². The highest BCUT2D eigenvalue weighted by Gasteiger charge is 2.04. The molecule has 0 amide bonds. The summed E-state index contributed by atoms with van der Waals surface area (Å²) in [6.45, 7) is 9.03. The molecule has 1 N–H and O–H groups in total. The number of hydrogen-bond acceptors (Lipinski definition) is 1. The summed E-state index contributed by atoms with van der Waals surface area (Å²) in [4.78, 5) is 0. The molecule has 2 nitrogen and oxygen atoms in total. The molecule has 0 aromatic heterocycles. The van der Waals surface area contributed by atoms with Crippen LogP contribution in [0.25, 0.3) is 0 Å². The Labute approximate surface area is 70.5 Å². The van der Waals surface area contributed by atoms with Gasteiger partial charge in [-0.25, -0.2) is 0 Å². The van der Waals surface area contributed by atoms with Crippen LogP contribution in [0.3, 0.4) is 0 Å². The largest absolute Gasteiger partial charge is 0.330 e. The molecule has 0 aliphatic heterocycles. The van der Waals surface area contributed by atoms with Gasteiger partial charge < -0.3 is 9.80 Å². The number of likely N-dealkylation sites (N-methyl/N-ethyl adjacent to an activating group) is 1. The second-order valence-electron chi connectivity index (χ2n) is 4.15. The fourth-order valence-electron chi connectivity index (χ4n) is 0.716. The summed E-state index contributed by atoms with van der Waals surface area (Å²) in [7, 11) is 6.59. The molecule has 0 aliphatic rings. The van der Waals surface area contributed by atoms with Crippen molar-refractivity contribution in [1.82, 2.24) is 5.32 Å². The van der Waals surface area contributed by atoms with Gasteiger partial charge in [0.2, 0.25) is 0 Å². The third-order valence-corrected chi connectivity index (χ3v) is 1.39. The molecule has 0 aromatic rings. The first kappa shape index (κ1) is 10.7. The van der Waals surface area contributed by atoms with Crippen LogP contribution in [-0.4, -0.2) is 45.3 Å². The van der Waals surface area contributed by atoms with E-state index in [0.717, 1.165) is 24.1 Å². The number of nitrogens with one attached hydrogen (secondary N) is 1. The number of nitrogens with zero attached hydrogens (tertiary/aromatic N) is 1. The van der Waals surface area contributed by atoms with Crippen molar-refractivity contribution in [2.75, 3.05) is 40.8 Å². The maximum Gasteiger partial charge on any atom is 0.0907 e. The zero-order valence-corrected chi connectivity index (χ0v) is 8.28. The molecule has 0 fully saturated rings. The van der Waals surface area contributed by atoms with Crippen molar-refractivity contribution in [3.8, 4) is 0 Å². The summed E-state index contributed by atoms with van der Waals surface area (Å²) in [6.07, 6.45) is 0. The van der Waals surface area contributed by atoms with Crippen LogP contribution in [0.1, 0.15) is 6.92 Å². The smallest absolute Gasteiger partial charge is 0.0907 e. The van der Waals surface area contributed by atoms with Gasteiger partial charge in [0.1, 0.15) is 0 Å². The Balaban J connectivity index is 3.22. The van der Waals surface area contributed by atoms with Gasteiger partial charge in [0.15, 0.2) is 0 Å². The molecule has 0 aromatic carbocycles. The number of rotatable bonds is 5. The highest BCUT2D eigenvalue weighted by atomic mass is 15.3. The summed E-state index contributed by atoms with van der Waals surface area (Å²) in [5.41, 5.74) is 1.20. The fraction of sp³-hybridized carbons (Fsp3) is 0.778. The molecular weight excluding hydrogens is 136 g/mol. The van der Waals surface area contributed by atoms with Gasteiger partial charge in [-0.2, -0.15) is 0 Å². The average molecular weight is 157 g/mol. The molecular formula is C9H21N2+. The number of hydrogen-bond donors (Lipinski definition) is 1. The minimum Gasteiger partial charge on any atom is -0.330 e. The highest BCUT2D eigenvalue weighted by Crippen LogP contribution is 1.87. The van der Waals surface area contributed by atoms with Crippen LogP contribution in [0.15, 0.2) is 12.2 Å². The van der Waals surface area contributed by atoms with E-state index in [1.54, 1.807) is 0 Å². The lowest BCUT2D eigenvalue weighted by Gasteiger charge is -2.23. The van der Waals surface area contributed by atoms with E-state index in [4.69, 9.17) is 0 Å². The summed E-state index contributed by atoms with van der Waals surface area (Å²) < 4.78 is 1.02. The number of quaternary nitrogens is 1. The van der Waals surface area contributed by atoms with Crippen LogP contribution in [-0.2, 0) is 0 Å². The second-order valence-corrected chi connectivity index (χ2v) is 4.15. The van der Waals surface area contributed by atoms with Crippen molar-refractivity contribution in [2.24, 2.45) is 0 Å². The van der Waals surface area contributed by atoms with E-state index in [2.05, 4.69) is 33.0 Å². The quantitative estimate of drug-likeness (QED) is 0.354. The van der Waals surface area contributed by atoms with Gasteiger partial charge in [-0.3, -0.25) is 0 Å². The van der Waals surface area contributed by atoms with E-state index >= 15 is 0 Å². The molecule has 0 rings (SSSR count). The third kappa shape index (κ3) is 9.66. The van der Waals surface area contributed by atoms with Gasteiger partial charge in [-0.1, -0.05) is 12.2 Å². The van der Waals surface area contributed by atoms with Crippen molar-refractivity contribution < 1.29 is 4.48 Å². The Hall–Kier alpha value is -0.340. The molecule has 66 valence electrons. The second kappa shape index (κ2) is 4.52. The molecule has 0 radical (unpaired) electrons. The lowest BCUT2D eigenvalue weighted by atomic mass is 10.3. The van der Waals surface area contributed by atoms with Crippen LogP contribution in [0, 0.1) is 0 Å². The fourth-order valence-corrected chi connectivity index (χ4v) is 0.716. The van der Waals surface area contributed by atoms with Crippen LogP contribution < -0.4 is 5.32 Å². The van der Waals surface area contributed by atoms with Crippen LogP contribution >= 0.6 is 0 Å². The zero-order valence-electron chi connectivity index (χ0n) is 8.28. The summed E-state index contributed by atoms with van der Waals surface area (Å²) >= 11 is 0. The molecule has 0 bridgehead atoms. The maximum atomic E-state index is 3.82. The van der Waals surface area contributed by atoms with E-state index in [0.29, 0.717) is 0 Å². The molecule has 2 heteroatoms. The van der Waals surface area contributed by atoms with Gasteiger partial charge >= 0.3 is 0 Å². The first-order chi connectivity index (χ1) is 4.92. The molecule has 0 heterocycles. The molecule has 0 atom stereocenters. The molecule has 0 unspecified atom stereocenters. The van der Waals surface area contributed by atoms with Crippen LogP contribution in [0.5, 0.6) is 0 Å². The first-order valence-electron chi connectivity index (χ1n) is 4.07. The molecule has 11 heavy (non-hydrogen) atoms. The van der Waals surface area contributed by atoms with Gasteiger partial charge in [-0.15, -0.1) is 0 Å². The average Bonchev–Trinajstić information content (AvgIpc) is 1.78. The van der Waals surface area contributed by atoms with Gasteiger partial charge in [0.25, 0.3) is 0 Å². The van der Waals surface area contributed by atoms with E-state index in [9.17, 15) is 0 Å². The van der Waals surface area contributed by atoms with Crippen molar-refractivity contribution in [1.29, 1.82) is 0 Å². The lowest BCUT2D eigenvalue weighted by molar-refractivity contribution is -0.869. The predicted octanol–water partition coefficient (Wildman–Crippen LogP) is 0.858. The minimum atomic E-state index is 0.944. The Bertz CT molecular complexity index is 122. The SMILES string of the molecule is C=C(C)CNCC[N+](C)(C)C. The van der Waals surface area contributed by atoms with E-state index < -0.39 is 0 Å². The third-order valence-electron chi connectivity index (χ3n) is 1.39. The van der Waals surface area contributed by atoms with Crippen molar-refractivity contribution in [2.45, 2.75) is 6.92 Å². The monoisotopic (exact) mass is 157 g/mol. The van der Waals surface area contributed by atoms with Crippen LogP contribution in [0.2, 0.25) is 0 Å². The highest BCUT2D eigenvalue weighted by molar-refractivity contribution is 4.90. The first-order valence-corrected chi connectivity index (χ1v) is 4.07. The maximum absolute atomic E-state index is 3.82. The van der Waals surface area contributed by atoms with E-state index in [-0.39, 0.29) is 0 Å². The van der Waals surface area contributed by atoms with Crippen molar-refractivity contribution in [3.63, 3.8) is 0 Å². The molecule has 0 saturated heterocycles. The van der Waals surface area contributed by atoms with Crippen molar-refractivity contribution in [3.05, 3.63) is 12.2 Å². The summed E-state index contributed by atoms with van der Waals surface area (Å²) in [5.74, 6) is 0. The van der Waals surface area contributed by atoms with E-state index in [1.807, 2.05) is 6.92 Å². The molecule has 0 spiro atoms. The van der Waals surface area contributed by atoms with Gasteiger partial charge in [0.05, 0.1) is 27.7 Å². The summed E-state index contributed by atoms with van der Waals surface area (Å²) in [5, 5.41) is 3.33. The van der Waals surface area contributed by atoms with Crippen molar-refractivity contribution >= 4 is 0 Å². The van der Waals surface area contributed by atoms with Gasteiger partial charge in [-0.05, 0) is 6.92 Å². The standard InChI is InChI=1S/C9H21N2/c1-9(2)8-10-6-7-11(3,4)5/h10H,1,6-8H2,2-5H3/q+1. The Morgan fingerprint density at radius 2 is 1.91 bits per heavy atom. The zero-order chi connectivity index (χ0) is 8.91. The topological polar surface area (TPSA) is 12.0 Å². The predicted molar refractivity (Wildman–Crippen MR) is 50.6 cm³/mol. The Morgan fingerprint density at radius 3 is 2.27 bits per heavy atom. The molecule has 0 saturated carbocycles. The minimum absolute atomic E-state index is 0.944. The normalized spacial score (nSPS) is 11.6. The Morgan fingerprint density at radius 1 is 1.36 bits per heavy atom. The van der Waals surface area contributed by atoms with Gasteiger partial charge in [0, 0.05) is 13.1 Å². The Kier molecular flexibility index (Phi) is 4.38. The molecule has 0 aliphatic carbocycles. The summed E-state index contributed by atoms with van der Waals surface area (Å²) in [6, 6.07) is 0. The van der Waals surface area contributed by atoms with Crippen LogP contribution in [0.4, 0.5) is 0 Å².